The Morgan fingerprint density at radius 2 is 0.444 bits per heavy atom. The van der Waals surface area contributed by atoms with Gasteiger partial charge in [0.05, 0.1) is 0 Å². The van der Waals surface area contributed by atoms with E-state index in [-0.39, 0.29) is 13.8 Å². The van der Waals surface area contributed by atoms with E-state index in [9.17, 15) is 0 Å². The molecule has 0 N–H and O–H groups in total. The summed E-state index contributed by atoms with van der Waals surface area (Å²) in [7, 11) is 0. The van der Waals surface area contributed by atoms with Crippen LogP contribution in [0.5, 0.6) is 0 Å². The zero-order valence-electron chi connectivity index (χ0n) is 50.2. The van der Waals surface area contributed by atoms with Gasteiger partial charge in [-0.05, 0) is 137 Å². The lowest BCUT2D eigenvalue weighted by molar-refractivity contribution is 1.31. The summed E-state index contributed by atoms with van der Waals surface area (Å²) in [5.41, 5.74) is 24.8. The van der Waals surface area contributed by atoms with Crippen molar-refractivity contribution in [3.8, 4) is 89.0 Å². The van der Waals surface area contributed by atoms with Crippen LogP contribution < -0.4 is 20.5 Å². The van der Waals surface area contributed by atoms with Crippen LogP contribution in [0.4, 0.5) is 11.4 Å². The Labute approximate surface area is 531 Å². The van der Waals surface area contributed by atoms with Gasteiger partial charge in [0.2, 0.25) is 0 Å². The fraction of sp³-hybridized carbons (Fsp3) is 0. The first-order chi connectivity index (χ1) is 44.7. The second kappa shape index (κ2) is 28.4. The van der Waals surface area contributed by atoms with Gasteiger partial charge in [0, 0.05) is 11.4 Å². The normalized spacial score (nSPS) is 11.6. The highest BCUT2D eigenvalue weighted by atomic mass is 15.2. The number of hydrogen-bond acceptors (Lipinski definition) is 2. The number of nitrogens with zero attached hydrogens (tertiary/aromatic N) is 2. The van der Waals surface area contributed by atoms with Crippen molar-refractivity contribution >= 4 is 36.1 Å². The van der Waals surface area contributed by atoms with Gasteiger partial charge in [-0.2, -0.15) is 0 Å². The maximum atomic E-state index is 2.51. The third kappa shape index (κ3) is 13.1. The van der Waals surface area contributed by atoms with Gasteiger partial charge in [-0.3, -0.25) is 0 Å². The molecule has 1 aliphatic heterocycles. The largest absolute Gasteiger partial charge is 0.430 e. The van der Waals surface area contributed by atoms with E-state index >= 15 is 0 Å². The molecule has 1 heterocycles. The summed E-state index contributed by atoms with van der Waals surface area (Å²) in [4.78, 5) is 2.36. The second-order valence-electron chi connectivity index (χ2n) is 22.2. The van der Waals surface area contributed by atoms with Crippen molar-refractivity contribution in [1.29, 1.82) is 0 Å². The molecule has 0 saturated heterocycles. The Hall–Kier alpha value is -11.5. The second-order valence-corrected chi connectivity index (χ2v) is 22.2. The van der Waals surface area contributed by atoms with Gasteiger partial charge in [-0.15, -0.1) is 0 Å². The molecule has 4 heteroatoms. The number of anilines is 2. The highest BCUT2D eigenvalue weighted by Gasteiger charge is 2.41. The van der Waals surface area contributed by atoms with Crippen LogP contribution in [0.25, 0.3) is 89.0 Å². The lowest BCUT2D eigenvalue weighted by atomic mass is 9.43. The highest BCUT2D eigenvalue weighted by Crippen LogP contribution is 2.46. The van der Waals surface area contributed by atoms with Gasteiger partial charge >= 0.3 is 13.8 Å². The lowest BCUT2D eigenvalue weighted by Gasteiger charge is -2.44. The van der Waals surface area contributed by atoms with Crippen molar-refractivity contribution in [2.24, 2.45) is 0 Å². The van der Waals surface area contributed by atoms with Gasteiger partial charge < -0.3 is 9.53 Å². The molecule has 0 spiro atoms. The van der Waals surface area contributed by atoms with E-state index in [1.54, 1.807) is 0 Å². The number of hydrogen-bond donors (Lipinski definition) is 0. The molecular weight excluding hydrogens is 1080 g/mol. The van der Waals surface area contributed by atoms with Crippen molar-refractivity contribution in [3.05, 3.63) is 400 Å². The third-order valence-electron chi connectivity index (χ3n) is 16.6. The number of rotatable bonds is 12. The molecule has 0 unspecified atom stereocenters. The quantitative estimate of drug-likeness (QED) is 0.113. The van der Waals surface area contributed by atoms with Crippen LogP contribution in [0.2, 0.25) is 0 Å². The zero-order valence-corrected chi connectivity index (χ0v) is 50.2. The summed E-state index contributed by atoms with van der Waals surface area (Å²) in [6.45, 7) is 0.171. The van der Waals surface area contributed by atoms with Crippen molar-refractivity contribution in [2.45, 2.75) is 0 Å². The van der Waals surface area contributed by atoms with Crippen LogP contribution in [0.1, 0.15) is 0 Å². The van der Waals surface area contributed by atoms with Crippen LogP contribution in [0, 0.1) is 0 Å². The first kappa shape index (κ1) is 57.6. The molecule has 0 bridgehead atoms. The van der Waals surface area contributed by atoms with Gasteiger partial charge in [-0.25, -0.2) is 0 Å². The molecule has 14 aromatic rings. The molecule has 0 amide bonds. The minimum atomic E-state index is 0.0335. The summed E-state index contributed by atoms with van der Waals surface area (Å²) < 4.78 is 2.51. The van der Waals surface area contributed by atoms with E-state index in [1.807, 2.05) is 0 Å². The van der Waals surface area contributed by atoms with E-state index in [1.165, 1.54) is 111 Å². The molecular formula is C86H66B2N2. The minimum absolute atomic E-state index is 0.0335. The van der Waals surface area contributed by atoms with Crippen molar-refractivity contribution < 1.29 is 0 Å². The maximum absolute atomic E-state index is 2.51. The fourth-order valence-electron chi connectivity index (χ4n) is 12.4. The Bertz CT molecular complexity index is 4030. The standard InChI is InChI=1S/2C30H22.C26H22B2N2/c1-5-13-23(14-6-1)27-21-29(25-17-9-3-10-18-25)30(26-19-11-4-12-20-26)22-28(27)24-15-7-2-8-16-24;1-5-13-23(14-6-1)27-21-22-28(24-15-7-2-8-16-24)30(26-19-11-4-12-20-26)29(27)25-17-9-3-10-18-25;1-5-13-23(14-6-1)27-21-22-29(25-17-9-3-10-18-25)28(24-15-7-2-8-16-24)30(27)26-19-11-4-12-20-26/h3*1-22H. The molecule has 90 heavy (non-hydrogen) atoms. The molecule has 0 radical (unpaired) electrons. The molecule has 2 nitrogen and oxygen atoms in total. The van der Waals surface area contributed by atoms with Gasteiger partial charge in [0.1, 0.15) is 0 Å². The molecule has 0 atom stereocenters. The third-order valence-corrected chi connectivity index (χ3v) is 16.6. The summed E-state index contributed by atoms with van der Waals surface area (Å²) in [5, 5.41) is 0. The summed E-state index contributed by atoms with van der Waals surface area (Å²) in [6.07, 6.45) is 2.24. The molecule has 0 fully saturated rings. The predicted octanol–water partition coefficient (Wildman–Crippen LogP) is 21.1. The molecule has 14 aromatic carbocycles. The van der Waals surface area contributed by atoms with Crippen LogP contribution in [0.3, 0.4) is 0 Å². The van der Waals surface area contributed by atoms with E-state index in [0.717, 1.165) is 0 Å². The van der Waals surface area contributed by atoms with Gasteiger partial charge in [0.15, 0.2) is 0 Å². The van der Waals surface area contributed by atoms with Crippen molar-refractivity contribution in [2.75, 3.05) is 9.53 Å². The molecule has 1 aliphatic rings. The smallest absolute Gasteiger partial charge is 0.403 e. The van der Waals surface area contributed by atoms with Crippen molar-refractivity contribution in [1.82, 2.24) is 0 Å². The van der Waals surface area contributed by atoms with E-state index in [4.69, 9.17) is 0 Å². The number of para-hydroxylation sites is 2. The summed E-state index contributed by atoms with van der Waals surface area (Å²) in [6, 6.07) is 138. The average molecular weight is 1150 g/mol. The predicted molar refractivity (Wildman–Crippen MR) is 387 cm³/mol. The van der Waals surface area contributed by atoms with E-state index in [0.29, 0.717) is 0 Å². The van der Waals surface area contributed by atoms with Gasteiger partial charge in [0.25, 0.3) is 0 Å². The summed E-state index contributed by atoms with van der Waals surface area (Å²) in [5.74, 6) is 2.30. The molecule has 0 aliphatic carbocycles. The maximum Gasteiger partial charge on any atom is 0.403 e. The average Bonchev–Trinajstić information content (AvgIpc) is 0.908. The monoisotopic (exact) mass is 1150 g/mol. The highest BCUT2D eigenvalue weighted by molar-refractivity contribution is 6.99. The Kier molecular flexibility index (Phi) is 18.2. The van der Waals surface area contributed by atoms with Crippen molar-refractivity contribution in [3.63, 3.8) is 0 Å². The first-order valence-electron chi connectivity index (χ1n) is 31.0. The first-order valence-corrected chi connectivity index (χ1v) is 31.0. The topological polar surface area (TPSA) is 6.48 Å². The molecule has 0 saturated carbocycles. The fourth-order valence-corrected chi connectivity index (χ4v) is 12.4. The molecule has 426 valence electrons. The van der Waals surface area contributed by atoms with Crippen LogP contribution in [0.15, 0.2) is 400 Å². The van der Waals surface area contributed by atoms with Gasteiger partial charge in [-0.1, -0.05) is 363 Å². The SMILES string of the molecule is C1=CN(c2ccccc2)B(c2ccccc2)N(c2ccccc2)B1c1ccccc1.c1ccc(-c2cc(-c3ccccc3)c(-c3ccccc3)cc2-c2ccccc2)cc1.c1ccc(-c2ccc(-c3ccccc3)c(-c3ccccc3)c2-c2ccccc2)cc1. The lowest BCUT2D eigenvalue weighted by Crippen LogP contribution is -2.68. The Morgan fingerprint density at radius 3 is 0.756 bits per heavy atom. The zero-order chi connectivity index (χ0) is 60.5. The summed E-state index contributed by atoms with van der Waals surface area (Å²) >= 11 is 0. The van der Waals surface area contributed by atoms with Crippen LogP contribution in [-0.4, -0.2) is 13.8 Å². The van der Waals surface area contributed by atoms with Crippen LogP contribution >= 0.6 is 0 Å². The minimum Gasteiger partial charge on any atom is -0.430 e. The van der Waals surface area contributed by atoms with E-state index < -0.39 is 0 Å². The van der Waals surface area contributed by atoms with E-state index in [2.05, 4.69) is 410 Å². The van der Waals surface area contributed by atoms with Crippen LogP contribution in [-0.2, 0) is 0 Å². The Morgan fingerprint density at radius 1 is 0.200 bits per heavy atom. The molecule has 15 rings (SSSR count). The Balaban J connectivity index is 0.000000124. The molecule has 0 aromatic heterocycles. The number of benzene rings is 14.